The zero-order chi connectivity index (χ0) is 13.8. The zero-order valence-corrected chi connectivity index (χ0v) is 11.3. The van der Waals surface area contributed by atoms with Crippen LogP contribution in [0.15, 0.2) is 12.3 Å². The Morgan fingerprint density at radius 2 is 2.28 bits per heavy atom. The van der Waals surface area contributed by atoms with Crippen molar-refractivity contribution in [3.05, 3.63) is 22.8 Å². The molecule has 18 heavy (non-hydrogen) atoms. The number of hydrogen-bond donors (Lipinski definition) is 3. The van der Waals surface area contributed by atoms with Crippen molar-refractivity contribution in [3.63, 3.8) is 0 Å². The molecule has 0 aliphatic rings. The van der Waals surface area contributed by atoms with E-state index in [2.05, 4.69) is 15.7 Å². The fraction of sp³-hybridized carbons (Fsp3) is 0.455. The Labute approximate surface area is 111 Å². The molecule has 1 aromatic rings. The van der Waals surface area contributed by atoms with Gasteiger partial charge in [0.1, 0.15) is 0 Å². The topological polar surface area (TPSA) is 89.3 Å². The largest absolute Gasteiger partial charge is 0.382 e. The maximum Gasteiger partial charge on any atom is 0.253 e. The second-order valence-electron chi connectivity index (χ2n) is 4.47. The van der Waals surface area contributed by atoms with Crippen LogP contribution in [0, 0.1) is 0 Å². The summed E-state index contributed by atoms with van der Waals surface area (Å²) in [6, 6.07) is 1.50. The van der Waals surface area contributed by atoms with Gasteiger partial charge in [-0.05, 0) is 19.9 Å². The number of methoxy groups -OCH3 is 1. The van der Waals surface area contributed by atoms with Gasteiger partial charge >= 0.3 is 0 Å². The summed E-state index contributed by atoms with van der Waals surface area (Å²) in [5.74, 6) is 5.26. The number of nitrogen functional groups attached to an aromatic ring is 1. The Hall–Kier alpha value is -1.37. The molecule has 1 rings (SSSR count). The normalized spacial score (nSPS) is 11.2. The highest BCUT2D eigenvalue weighted by molar-refractivity contribution is 6.33. The molecule has 1 heterocycles. The van der Waals surface area contributed by atoms with Crippen LogP contribution in [0.1, 0.15) is 24.2 Å². The molecule has 6 nitrogen and oxygen atoms in total. The highest BCUT2D eigenvalue weighted by Crippen LogP contribution is 2.19. The number of pyridine rings is 1. The third-order valence-corrected chi connectivity index (χ3v) is 2.49. The van der Waals surface area contributed by atoms with E-state index >= 15 is 0 Å². The van der Waals surface area contributed by atoms with Gasteiger partial charge in [0.15, 0.2) is 5.82 Å². The number of nitrogens with two attached hydrogens (primary N) is 1. The van der Waals surface area contributed by atoms with Crippen molar-refractivity contribution in [1.29, 1.82) is 0 Å². The number of aromatic nitrogens is 1. The van der Waals surface area contributed by atoms with Crippen LogP contribution in [0.25, 0.3) is 0 Å². The van der Waals surface area contributed by atoms with Gasteiger partial charge in [0, 0.05) is 13.3 Å². The molecule has 7 heteroatoms. The summed E-state index contributed by atoms with van der Waals surface area (Å²) in [5, 5.41) is 3.11. The lowest BCUT2D eigenvalue weighted by molar-refractivity contribution is 0.0819. The van der Waals surface area contributed by atoms with Crippen LogP contribution in [0.3, 0.4) is 0 Å². The van der Waals surface area contributed by atoms with E-state index in [1.807, 2.05) is 13.8 Å². The minimum Gasteiger partial charge on any atom is -0.382 e. The third-order valence-electron chi connectivity index (χ3n) is 2.20. The van der Waals surface area contributed by atoms with Gasteiger partial charge in [-0.2, -0.15) is 0 Å². The summed E-state index contributed by atoms with van der Waals surface area (Å²) in [5.41, 5.74) is 2.23. The third kappa shape index (κ3) is 3.83. The maximum atomic E-state index is 12.0. The molecule has 0 saturated carbocycles. The SMILES string of the molecule is COCC(C)(C)NC(=O)c1cnc(NN)c(Cl)c1. The van der Waals surface area contributed by atoms with Crippen LogP contribution in [-0.2, 0) is 4.74 Å². The molecule has 1 aromatic heterocycles. The maximum absolute atomic E-state index is 12.0. The van der Waals surface area contributed by atoms with Crippen LogP contribution in [0.4, 0.5) is 5.82 Å². The minimum absolute atomic E-state index is 0.268. The van der Waals surface area contributed by atoms with Crippen molar-refractivity contribution in [2.75, 3.05) is 19.1 Å². The number of anilines is 1. The Balaban J connectivity index is 2.82. The second-order valence-corrected chi connectivity index (χ2v) is 4.88. The van der Waals surface area contributed by atoms with Crippen LogP contribution in [0.5, 0.6) is 0 Å². The lowest BCUT2D eigenvalue weighted by Gasteiger charge is -2.25. The molecule has 0 unspecified atom stereocenters. The Morgan fingerprint density at radius 1 is 1.61 bits per heavy atom. The van der Waals surface area contributed by atoms with Gasteiger partial charge in [-0.25, -0.2) is 10.8 Å². The number of ether oxygens (including phenoxy) is 1. The molecular weight excluding hydrogens is 256 g/mol. The molecule has 0 radical (unpaired) electrons. The molecule has 0 spiro atoms. The summed E-state index contributed by atoms with van der Waals surface area (Å²) in [6.45, 7) is 4.13. The lowest BCUT2D eigenvalue weighted by Crippen LogP contribution is -2.46. The Kier molecular flexibility index (Phi) is 4.89. The predicted molar refractivity (Wildman–Crippen MR) is 70.5 cm³/mol. The van der Waals surface area contributed by atoms with Gasteiger partial charge in [-0.3, -0.25) is 4.79 Å². The van der Waals surface area contributed by atoms with Gasteiger partial charge in [-0.1, -0.05) is 11.6 Å². The van der Waals surface area contributed by atoms with Crippen molar-refractivity contribution in [3.8, 4) is 0 Å². The minimum atomic E-state index is -0.469. The zero-order valence-electron chi connectivity index (χ0n) is 10.6. The average Bonchev–Trinajstić information content (AvgIpc) is 2.28. The molecule has 0 bridgehead atoms. The van der Waals surface area contributed by atoms with E-state index < -0.39 is 5.54 Å². The van der Waals surface area contributed by atoms with Crippen molar-refractivity contribution in [2.24, 2.45) is 5.84 Å². The molecule has 0 aliphatic carbocycles. The van der Waals surface area contributed by atoms with Gasteiger partial charge in [0.25, 0.3) is 5.91 Å². The number of amides is 1. The van der Waals surface area contributed by atoms with Crippen LogP contribution >= 0.6 is 11.6 Å². The highest BCUT2D eigenvalue weighted by atomic mass is 35.5. The van der Waals surface area contributed by atoms with Crippen molar-refractivity contribution in [2.45, 2.75) is 19.4 Å². The monoisotopic (exact) mass is 272 g/mol. The molecule has 0 aromatic carbocycles. The van der Waals surface area contributed by atoms with Crippen molar-refractivity contribution in [1.82, 2.24) is 10.3 Å². The number of carbonyl (C=O) groups is 1. The summed E-state index contributed by atoms with van der Waals surface area (Å²) in [4.78, 5) is 15.9. The Morgan fingerprint density at radius 3 is 2.78 bits per heavy atom. The first-order chi connectivity index (χ1) is 8.39. The lowest BCUT2D eigenvalue weighted by atomic mass is 10.1. The predicted octanol–water partition coefficient (Wildman–Crippen LogP) is 1.18. The van der Waals surface area contributed by atoms with E-state index in [0.717, 1.165) is 0 Å². The number of halogens is 1. The van der Waals surface area contributed by atoms with Crippen LogP contribution in [-0.4, -0.2) is 30.1 Å². The molecule has 100 valence electrons. The smallest absolute Gasteiger partial charge is 0.253 e. The van der Waals surface area contributed by atoms with E-state index in [9.17, 15) is 4.79 Å². The van der Waals surface area contributed by atoms with Crippen molar-refractivity contribution < 1.29 is 9.53 Å². The van der Waals surface area contributed by atoms with Gasteiger partial charge in [0.05, 0.1) is 22.7 Å². The quantitative estimate of drug-likeness (QED) is 0.553. The number of carbonyl (C=O) groups excluding carboxylic acids is 1. The van der Waals surface area contributed by atoms with E-state index in [1.54, 1.807) is 7.11 Å². The molecule has 0 atom stereocenters. The fourth-order valence-corrected chi connectivity index (χ4v) is 1.67. The molecule has 1 amide bonds. The summed E-state index contributed by atoms with van der Waals surface area (Å²) in [6.07, 6.45) is 1.40. The van der Waals surface area contributed by atoms with E-state index in [-0.39, 0.29) is 10.9 Å². The summed E-state index contributed by atoms with van der Waals surface area (Å²) in [7, 11) is 1.58. The number of nitrogens with one attached hydrogen (secondary N) is 2. The van der Waals surface area contributed by atoms with Gasteiger partial charge in [0.2, 0.25) is 0 Å². The average molecular weight is 273 g/mol. The summed E-state index contributed by atoms with van der Waals surface area (Å²) < 4.78 is 5.02. The first-order valence-electron chi connectivity index (χ1n) is 5.33. The number of nitrogens with zero attached hydrogens (tertiary/aromatic N) is 1. The van der Waals surface area contributed by atoms with Crippen molar-refractivity contribution >= 4 is 23.3 Å². The molecule has 4 N–H and O–H groups in total. The van der Waals surface area contributed by atoms with E-state index in [0.29, 0.717) is 18.0 Å². The number of rotatable bonds is 5. The molecule has 0 saturated heterocycles. The molecular formula is C11H17ClN4O2. The van der Waals surface area contributed by atoms with Crippen LogP contribution in [0.2, 0.25) is 5.02 Å². The van der Waals surface area contributed by atoms with Gasteiger partial charge in [-0.15, -0.1) is 0 Å². The highest BCUT2D eigenvalue weighted by Gasteiger charge is 2.21. The van der Waals surface area contributed by atoms with E-state index in [1.165, 1.54) is 12.3 Å². The summed E-state index contributed by atoms with van der Waals surface area (Å²) >= 11 is 5.90. The van der Waals surface area contributed by atoms with Crippen LogP contribution < -0.4 is 16.6 Å². The Bertz CT molecular complexity index is 437. The van der Waals surface area contributed by atoms with E-state index in [4.69, 9.17) is 22.2 Å². The standard InChI is InChI=1S/C11H17ClN4O2/c1-11(2,6-18-3)15-10(17)7-4-8(12)9(16-13)14-5-7/h4-5H,6,13H2,1-3H3,(H,14,16)(H,15,17). The second kappa shape index (κ2) is 5.99. The first kappa shape index (κ1) is 14.7. The number of hydrogen-bond acceptors (Lipinski definition) is 5. The molecule has 0 aliphatic heterocycles. The first-order valence-corrected chi connectivity index (χ1v) is 5.71. The molecule has 0 fully saturated rings. The fourth-order valence-electron chi connectivity index (χ4n) is 1.44. The van der Waals surface area contributed by atoms with Gasteiger partial charge < -0.3 is 15.5 Å². The number of hydrazine groups is 1.